The summed E-state index contributed by atoms with van der Waals surface area (Å²) in [4.78, 5) is 40.4. The van der Waals surface area contributed by atoms with E-state index in [-0.39, 0.29) is 17.5 Å². The van der Waals surface area contributed by atoms with Crippen LogP contribution in [-0.4, -0.2) is 48.7 Å². The van der Waals surface area contributed by atoms with Crippen LogP contribution in [-0.2, 0) is 9.53 Å². The van der Waals surface area contributed by atoms with Crippen LogP contribution in [0.25, 0.3) is 0 Å². The molecule has 0 unspecified atom stereocenters. The molecule has 142 valence electrons. The van der Waals surface area contributed by atoms with E-state index < -0.39 is 0 Å². The Morgan fingerprint density at radius 1 is 1.11 bits per heavy atom. The number of morpholine rings is 1. The SMILES string of the molecule is CCCC/C(=C/C1=C(C)C(=O)c2ccccc2C1=O)C(=O)N1CCOCC1. The zero-order valence-electron chi connectivity index (χ0n) is 15.9. The van der Waals surface area contributed by atoms with Gasteiger partial charge in [0.1, 0.15) is 0 Å². The van der Waals surface area contributed by atoms with Crippen molar-refractivity contribution in [3.05, 3.63) is 58.2 Å². The third kappa shape index (κ3) is 3.93. The van der Waals surface area contributed by atoms with Gasteiger partial charge in [-0.1, -0.05) is 37.6 Å². The summed E-state index contributed by atoms with van der Waals surface area (Å²) in [6, 6.07) is 6.86. The molecule has 3 rings (SSSR count). The molecule has 1 saturated heterocycles. The van der Waals surface area contributed by atoms with Gasteiger partial charge in [0.25, 0.3) is 0 Å². The lowest BCUT2D eigenvalue weighted by molar-refractivity contribution is -0.131. The van der Waals surface area contributed by atoms with E-state index in [9.17, 15) is 14.4 Å². The summed E-state index contributed by atoms with van der Waals surface area (Å²) in [5.74, 6) is -0.400. The number of fused-ring (bicyclic) bond motifs is 1. The fourth-order valence-electron chi connectivity index (χ4n) is 3.44. The van der Waals surface area contributed by atoms with Crippen LogP contribution in [0, 0.1) is 0 Å². The van der Waals surface area contributed by atoms with E-state index >= 15 is 0 Å². The second kappa shape index (κ2) is 8.44. The Labute approximate surface area is 159 Å². The smallest absolute Gasteiger partial charge is 0.249 e. The fourth-order valence-corrected chi connectivity index (χ4v) is 3.44. The molecule has 0 radical (unpaired) electrons. The summed E-state index contributed by atoms with van der Waals surface area (Å²) in [6.07, 6.45) is 4.04. The second-order valence-corrected chi connectivity index (χ2v) is 6.92. The van der Waals surface area contributed by atoms with Crippen molar-refractivity contribution in [2.24, 2.45) is 0 Å². The van der Waals surface area contributed by atoms with E-state index in [1.807, 2.05) is 0 Å². The Balaban J connectivity index is 1.98. The molecule has 2 aliphatic rings. The van der Waals surface area contributed by atoms with Crippen LogP contribution in [0.15, 0.2) is 47.1 Å². The largest absolute Gasteiger partial charge is 0.378 e. The van der Waals surface area contributed by atoms with Crippen LogP contribution in [0.5, 0.6) is 0 Å². The maximum atomic E-state index is 13.0. The highest BCUT2D eigenvalue weighted by Gasteiger charge is 2.30. The normalized spacial score (nSPS) is 18.0. The number of Topliss-reactive ketones (excluding diaryl/α,β-unsaturated/α-hetero) is 2. The van der Waals surface area contributed by atoms with Gasteiger partial charge in [0.15, 0.2) is 11.6 Å². The van der Waals surface area contributed by atoms with Gasteiger partial charge in [-0.15, -0.1) is 0 Å². The molecule has 1 heterocycles. The number of hydrogen-bond acceptors (Lipinski definition) is 4. The van der Waals surface area contributed by atoms with E-state index in [0.717, 1.165) is 12.8 Å². The number of unbranched alkanes of at least 4 members (excludes halogenated alkanes) is 1. The fraction of sp³-hybridized carbons (Fsp3) is 0.409. The van der Waals surface area contributed by atoms with Crippen LogP contribution in [0.3, 0.4) is 0 Å². The van der Waals surface area contributed by atoms with Crippen LogP contribution in [0.1, 0.15) is 53.8 Å². The second-order valence-electron chi connectivity index (χ2n) is 6.92. The van der Waals surface area contributed by atoms with Crippen molar-refractivity contribution in [3.8, 4) is 0 Å². The number of benzene rings is 1. The third-order valence-corrected chi connectivity index (χ3v) is 5.10. The van der Waals surface area contributed by atoms with Crippen LogP contribution < -0.4 is 0 Å². The number of allylic oxidation sites excluding steroid dienone is 3. The lowest BCUT2D eigenvalue weighted by atomic mass is 9.83. The van der Waals surface area contributed by atoms with Gasteiger partial charge in [-0.3, -0.25) is 14.4 Å². The van der Waals surface area contributed by atoms with Gasteiger partial charge >= 0.3 is 0 Å². The first-order chi connectivity index (χ1) is 13.0. The minimum Gasteiger partial charge on any atom is -0.378 e. The molecule has 27 heavy (non-hydrogen) atoms. The number of amides is 1. The molecule has 0 spiro atoms. The van der Waals surface area contributed by atoms with Gasteiger partial charge < -0.3 is 9.64 Å². The molecule has 1 fully saturated rings. The van der Waals surface area contributed by atoms with E-state index in [4.69, 9.17) is 4.74 Å². The van der Waals surface area contributed by atoms with E-state index in [1.165, 1.54) is 0 Å². The van der Waals surface area contributed by atoms with Gasteiger partial charge in [-0.2, -0.15) is 0 Å². The monoisotopic (exact) mass is 367 g/mol. The van der Waals surface area contributed by atoms with E-state index in [1.54, 1.807) is 42.2 Å². The summed E-state index contributed by atoms with van der Waals surface area (Å²) in [5, 5.41) is 0. The minimum atomic E-state index is -0.188. The van der Waals surface area contributed by atoms with Crippen molar-refractivity contribution in [1.82, 2.24) is 4.90 Å². The Morgan fingerprint density at radius 2 is 1.74 bits per heavy atom. The van der Waals surface area contributed by atoms with Crippen molar-refractivity contribution in [1.29, 1.82) is 0 Å². The first kappa shape index (κ1) is 19.2. The Kier molecular flexibility index (Phi) is 6.01. The number of nitrogens with zero attached hydrogens (tertiary/aromatic N) is 1. The average molecular weight is 367 g/mol. The van der Waals surface area contributed by atoms with Crippen molar-refractivity contribution in [2.75, 3.05) is 26.3 Å². The first-order valence-electron chi connectivity index (χ1n) is 9.51. The van der Waals surface area contributed by atoms with Gasteiger partial charge in [-0.25, -0.2) is 0 Å². The Bertz CT molecular complexity index is 828. The number of rotatable bonds is 5. The minimum absolute atomic E-state index is 0.0637. The lowest BCUT2D eigenvalue weighted by Crippen LogP contribution is -2.41. The summed E-state index contributed by atoms with van der Waals surface area (Å²) < 4.78 is 5.33. The highest BCUT2D eigenvalue weighted by atomic mass is 16.5. The topological polar surface area (TPSA) is 63.7 Å². The molecule has 5 nitrogen and oxygen atoms in total. The molecule has 1 aromatic carbocycles. The summed E-state index contributed by atoms with van der Waals surface area (Å²) in [6.45, 7) is 5.89. The number of carbonyl (C=O) groups excluding carboxylic acids is 3. The molecule has 1 aliphatic heterocycles. The lowest BCUT2D eigenvalue weighted by Gasteiger charge is -2.28. The first-order valence-corrected chi connectivity index (χ1v) is 9.51. The Morgan fingerprint density at radius 3 is 2.37 bits per heavy atom. The van der Waals surface area contributed by atoms with Crippen molar-refractivity contribution in [3.63, 3.8) is 0 Å². The van der Waals surface area contributed by atoms with Crippen LogP contribution >= 0.6 is 0 Å². The molecule has 0 atom stereocenters. The standard InChI is InChI=1S/C22H25NO4/c1-3-4-7-16(22(26)23-10-12-27-13-11-23)14-19-15(2)20(24)17-8-5-6-9-18(17)21(19)25/h5-6,8-9,14H,3-4,7,10-13H2,1-2H3/b16-14-. The molecular weight excluding hydrogens is 342 g/mol. The highest BCUT2D eigenvalue weighted by Crippen LogP contribution is 2.28. The van der Waals surface area contributed by atoms with Gasteiger partial charge in [-0.05, 0) is 25.8 Å². The number of carbonyl (C=O) groups is 3. The molecule has 0 N–H and O–H groups in total. The molecule has 0 bridgehead atoms. The zero-order valence-corrected chi connectivity index (χ0v) is 15.9. The summed E-state index contributed by atoms with van der Waals surface area (Å²) in [7, 11) is 0. The molecule has 1 aliphatic carbocycles. The predicted octanol–water partition coefficient (Wildman–Crippen LogP) is 3.36. The molecule has 1 amide bonds. The summed E-state index contributed by atoms with van der Waals surface area (Å²) in [5.41, 5.74) is 2.18. The van der Waals surface area contributed by atoms with Crippen LogP contribution in [0.4, 0.5) is 0 Å². The number of ether oxygens (including phenoxy) is 1. The van der Waals surface area contributed by atoms with Crippen molar-refractivity contribution in [2.45, 2.75) is 33.1 Å². The number of hydrogen-bond donors (Lipinski definition) is 0. The van der Waals surface area contributed by atoms with Crippen LogP contribution in [0.2, 0.25) is 0 Å². The molecule has 0 aromatic heterocycles. The quantitative estimate of drug-likeness (QED) is 0.749. The average Bonchev–Trinajstić information content (AvgIpc) is 2.72. The number of ketones is 2. The third-order valence-electron chi connectivity index (χ3n) is 5.10. The van der Waals surface area contributed by atoms with Gasteiger partial charge in [0.05, 0.1) is 13.2 Å². The van der Waals surface area contributed by atoms with E-state index in [2.05, 4.69) is 6.92 Å². The summed E-state index contributed by atoms with van der Waals surface area (Å²) >= 11 is 0. The van der Waals surface area contributed by atoms with Crippen molar-refractivity contribution < 1.29 is 19.1 Å². The molecule has 5 heteroatoms. The molecule has 0 saturated carbocycles. The van der Waals surface area contributed by atoms with Gasteiger partial charge in [0.2, 0.25) is 5.91 Å². The maximum Gasteiger partial charge on any atom is 0.249 e. The maximum absolute atomic E-state index is 13.0. The Hall–Kier alpha value is -2.53. The van der Waals surface area contributed by atoms with E-state index in [0.29, 0.717) is 60.6 Å². The molecular formula is C22H25NO4. The molecule has 1 aromatic rings. The zero-order chi connectivity index (χ0) is 19.4. The highest BCUT2D eigenvalue weighted by molar-refractivity contribution is 6.28. The van der Waals surface area contributed by atoms with Gasteiger partial charge in [0, 0.05) is 40.9 Å². The predicted molar refractivity (Wildman–Crippen MR) is 103 cm³/mol. The van der Waals surface area contributed by atoms with Crippen molar-refractivity contribution >= 4 is 17.5 Å².